The molecule has 2 saturated carbocycles. The Labute approximate surface area is 198 Å². The average Bonchev–Trinajstić information content (AvgIpc) is 3.11. The minimum Gasteiger partial charge on any atom is -0.508 e. The summed E-state index contributed by atoms with van der Waals surface area (Å²) < 4.78 is 11.7. The van der Waals surface area contributed by atoms with Gasteiger partial charge in [0.15, 0.2) is 12.4 Å². The predicted octanol–water partition coefficient (Wildman–Crippen LogP) is 1.53. The SMILES string of the molecule is C#CC1(O[C@@H]2O[C@H](C(=O)O)[C@@H](O)[C@H](O)[C@@H]2O)CCC2C3CCc4cc(O)ccc4C3CC[C@@]21C. The van der Waals surface area contributed by atoms with Crippen LogP contribution in [0, 0.1) is 29.6 Å². The first-order valence-corrected chi connectivity index (χ1v) is 12.0. The Morgan fingerprint density at radius 3 is 2.62 bits per heavy atom. The van der Waals surface area contributed by atoms with Gasteiger partial charge < -0.3 is 35.0 Å². The van der Waals surface area contributed by atoms with Crippen LogP contribution in [0.4, 0.5) is 0 Å². The zero-order valence-corrected chi connectivity index (χ0v) is 19.1. The average molecular weight is 473 g/mol. The summed E-state index contributed by atoms with van der Waals surface area (Å²) in [4.78, 5) is 11.5. The third-order valence-corrected chi connectivity index (χ3v) is 9.19. The Kier molecular flexibility index (Phi) is 5.70. The number of aliphatic hydroxyl groups excluding tert-OH is 3. The van der Waals surface area contributed by atoms with Gasteiger partial charge in [-0.25, -0.2) is 4.79 Å². The molecule has 8 nitrogen and oxygen atoms in total. The second-order valence-electron chi connectivity index (χ2n) is 10.6. The fraction of sp³-hybridized carbons (Fsp3) is 0.654. The molecule has 0 radical (unpaired) electrons. The lowest BCUT2D eigenvalue weighted by Gasteiger charge is -2.54. The van der Waals surface area contributed by atoms with Crippen molar-refractivity contribution in [3.63, 3.8) is 0 Å². The monoisotopic (exact) mass is 472 g/mol. The van der Waals surface area contributed by atoms with Gasteiger partial charge in [0.1, 0.15) is 29.7 Å². The highest BCUT2D eigenvalue weighted by Crippen LogP contribution is 2.65. The molecule has 0 amide bonds. The molecule has 8 heteroatoms. The van der Waals surface area contributed by atoms with Crippen molar-refractivity contribution >= 4 is 5.97 Å². The molecule has 0 aromatic heterocycles. The van der Waals surface area contributed by atoms with Gasteiger partial charge in [-0.05, 0) is 79.5 Å². The number of aromatic hydroxyl groups is 1. The normalized spacial score (nSPS) is 45.5. The number of carboxylic acid groups (broad SMARTS) is 1. The molecule has 5 rings (SSSR count). The molecular weight excluding hydrogens is 440 g/mol. The van der Waals surface area contributed by atoms with E-state index in [0.29, 0.717) is 18.3 Å². The van der Waals surface area contributed by atoms with Crippen molar-refractivity contribution in [1.82, 2.24) is 0 Å². The smallest absolute Gasteiger partial charge is 0.335 e. The van der Waals surface area contributed by atoms with Gasteiger partial charge in [-0.2, -0.15) is 0 Å². The van der Waals surface area contributed by atoms with Crippen molar-refractivity contribution in [2.75, 3.05) is 0 Å². The molecule has 0 bridgehead atoms. The molecule has 34 heavy (non-hydrogen) atoms. The number of terminal acetylenes is 1. The van der Waals surface area contributed by atoms with Crippen LogP contribution in [0.1, 0.15) is 56.1 Å². The number of benzene rings is 1. The van der Waals surface area contributed by atoms with Crippen molar-refractivity contribution in [3.8, 4) is 18.1 Å². The summed E-state index contributed by atoms with van der Waals surface area (Å²) in [6.45, 7) is 2.11. The van der Waals surface area contributed by atoms with Crippen LogP contribution in [-0.4, -0.2) is 67.8 Å². The van der Waals surface area contributed by atoms with E-state index in [2.05, 4.69) is 12.8 Å². The molecular formula is C26H32O8. The molecule has 1 aliphatic heterocycles. The van der Waals surface area contributed by atoms with Gasteiger partial charge in [-0.3, -0.25) is 0 Å². The topological polar surface area (TPSA) is 137 Å². The first kappa shape index (κ1) is 23.6. The second-order valence-corrected chi connectivity index (χ2v) is 10.6. The van der Waals surface area contributed by atoms with Crippen molar-refractivity contribution in [1.29, 1.82) is 0 Å². The summed E-state index contributed by atoms with van der Waals surface area (Å²) in [5, 5.41) is 50.1. The number of carboxylic acids is 1. The zero-order valence-electron chi connectivity index (χ0n) is 19.1. The maximum atomic E-state index is 11.5. The number of ether oxygens (including phenoxy) is 2. The molecule has 1 aromatic carbocycles. The summed E-state index contributed by atoms with van der Waals surface area (Å²) in [5.74, 6) is 2.70. The maximum Gasteiger partial charge on any atom is 0.335 e. The lowest BCUT2D eigenvalue weighted by atomic mass is 9.53. The Morgan fingerprint density at radius 2 is 1.91 bits per heavy atom. The van der Waals surface area contributed by atoms with Gasteiger partial charge in [-0.1, -0.05) is 18.9 Å². The van der Waals surface area contributed by atoms with E-state index in [9.17, 15) is 30.3 Å². The van der Waals surface area contributed by atoms with E-state index in [1.165, 1.54) is 11.1 Å². The molecule has 5 N–H and O–H groups in total. The van der Waals surface area contributed by atoms with E-state index < -0.39 is 47.7 Å². The van der Waals surface area contributed by atoms with Gasteiger partial charge in [0.25, 0.3) is 0 Å². The largest absolute Gasteiger partial charge is 0.508 e. The summed E-state index contributed by atoms with van der Waals surface area (Å²) in [5.41, 5.74) is 0.963. The first-order chi connectivity index (χ1) is 16.1. The summed E-state index contributed by atoms with van der Waals surface area (Å²) in [7, 11) is 0. The number of aliphatic hydroxyl groups is 3. The predicted molar refractivity (Wildman–Crippen MR) is 120 cm³/mol. The Bertz CT molecular complexity index is 1020. The van der Waals surface area contributed by atoms with Crippen LogP contribution >= 0.6 is 0 Å². The molecule has 10 atom stereocenters. The van der Waals surface area contributed by atoms with Gasteiger partial charge in [-0.15, -0.1) is 6.42 Å². The van der Waals surface area contributed by atoms with Gasteiger partial charge >= 0.3 is 5.97 Å². The van der Waals surface area contributed by atoms with Crippen molar-refractivity contribution < 1.29 is 39.8 Å². The number of hydrogen-bond donors (Lipinski definition) is 5. The van der Waals surface area contributed by atoms with Crippen molar-refractivity contribution in [2.45, 2.75) is 87.7 Å². The molecule has 3 aliphatic carbocycles. The first-order valence-electron chi connectivity index (χ1n) is 12.0. The fourth-order valence-electron chi connectivity index (χ4n) is 7.38. The minimum absolute atomic E-state index is 0.260. The highest BCUT2D eigenvalue weighted by molar-refractivity contribution is 5.73. The van der Waals surface area contributed by atoms with Crippen LogP contribution in [0.3, 0.4) is 0 Å². The molecule has 1 heterocycles. The number of aliphatic carboxylic acids is 1. The molecule has 184 valence electrons. The number of carbonyl (C=O) groups is 1. The van der Waals surface area contributed by atoms with Crippen LogP contribution in [0.15, 0.2) is 18.2 Å². The lowest BCUT2D eigenvalue weighted by molar-refractivity contribution is -0.324. The minimum atomic E-state index is -1.78. The quantitative estimate of drug-likeness (QED) is 0.418. The van der Waals surface area contributed by atoms with E-state index in [1.807, 2.05) is 12.1 Å². The molecule has 4 aliphatic rings. The maximum absolute atomic E-state index is 11.5. The van der Waals surface area contributed by atoms with Crippen molar-refractivity contribution in [2.24, 2.45) is 17.3 Å². The van der Waals surface area contributed by atoms with E-state index in [4.69, 9.17) is 15.9 Å². The summed E-state index contributed by atoms with van der Waals surface area (Å²) in [6, 6.07) is 5.65. The third-order valence-electron chi connectivity index (χ3n) is 9.19. The molecule has 0 spiro atoms. The van der Waals surface area contributed by atoms with Crippen molar-refractivity contribution in [3.05, 3.63) is 29.3 Å². The van der Waals surface area contributed by atoms with E-state index >= 15 is 0 Å². The fourth-order valence-corrected chi connectivity index (χ4v) is 7.38. The van der Waals surface area contributed by atoms with Gasteiger partial charge in [0.2, 0.25) is 0 Å². The molecule has 1 aromatic rings. The number of hydrogen-bond acceptors (Lipinski definition) is 7. The number of phenols is 1. The van der Waals surface area contributed by atoms with Gasteiger partial charge in [0, 0.05) is 5.41 Å². The Balaban J connectivity index is 1.42. The van der Waals surface area contributed by atoms with E-state index in [1.54, 1.807) is 6.07 Å². The van der Waals surface area contributed by atoms with Crippen LogP contribution < -0.4 is 0 Å². The molecule has 1 saturated heterocycles. The number of fused-ring (bicyclic) bond motifs is 5. The second kappa shape index (κ2) is 8.21. The number of aryl methyl sites for hydroxylation is 1. The Hall–Kier alpha value is -2.15. The van der Waals surface area contributed by atoms with Gasteiger partial charge in [0.05, 0.1) is 0 Å². The highest BCUT2D eigenvalue weighted by atomic mass is 16.7. The number of phenolic OH excluding ortho intramolecular Hbond substituents is 1. The third kappa shape index (κ3) is 3.29. The van der Waals surface area contributed by atoms with Crippen LogP contribution in [0.25, 0.3) is 0 Å². The summed E-state index contributed by atoms with van der Waals surface area (Å²) in [6.07, 6.45) is 2.62. The van der Waals surface area contributed by atoms with Crippen LogP contribution in [0.2, 0.25) is 0 Å². The summed E-state index contributed by atoms with van der Waals surface area (Å²) >= 11 is 0. The van der Waals surface area contributed by atoms with E-state index in [-0.39, 0.29) is 11.7 Å². The molecule has 3 fully saturated rings. The highest BCUT2D eigenvalue weighted by Gasteiger charge is 2.64. The lowest BCUT2D eigenvalue weighted by Crippen LogP contribution is -2.63. The van der Waals surface area contributed by atoms with Crippen LogP contribution in [0.5, 0.6) is 5.75 Å². The van der Waals surface area contributed by atoms with Crippen LogP contribution in [-0.2, 0) is 20.7 Å². The number of rotatable bonds is 3. The zero-order chi connectivity index (χ0) is 24.4. The standard InChI is InChI=1S/C26H32O8/c1-3-26(34-24-21(30)19(28)20(29)22(33-24)23(31)32)11-9-18-17-6-4-13-12-14(27)5-7-15(13)16(17)8-10-25(18,26)2/h1,5,7,12,16-22,24,27-30H,4,6,8-11H2,2H3,(H,31,32)/t16?,17?,18?,19-,20-,21-,22-,24-,25-,26?/m0/s1. The van der Waals surface area contributed by atoms with E-state index in [0.717, 1.165) is 32.1 Å². The molecule has 4 unspecified atom stereocenters. The Morgan fingerprint density at radius 1 is 1.15 bits per heavy atom.